The third kappa shape index (κ3) is 5.61. The van der Waals surface area contributed by atoms with Gasteiger partial charge in [0.25, 0.3) is 10.2 Å². The van der Waals surface area contributed by atoms with Gasteiger partial charge in [-0.15, -0.1) is 0 Å². The molecule has 0 spiro atoms. The minimum absolute atomic E-state index is 0.0457. The van der Waals surface area contributed by atoms with Crippen LogP contribution in [0.3, 0.4) is 0 Å². The highest BCUT2D eigenvalue weighted by molar-refractivity contribution is 7.86. The van der Waals surface area contributed by atoms with Crippen LogP contribution in [0.2, 0.25) is 5.02 Å². The highest BCUT2D eigenvalue weighted by Crippen LogP contribution is 2.37. The molecule has 1 aromatic rings. The van der Waals surface area contributed by atoms with Crippen LogP contribution in [0.5, 0.6) is 0 Å². The summed E-state index contributed by atoms with van der Waals surface area (Å²) in [4.78, 5) is 27.6. The molecule has 0 radical (unpaired) electrons. The topological polar surface area (TPSA) is 114 Å². The Kier molecular flexibility index (Phi) is 8.23. The van der Waals surface area contributed by atoms with Crippen LogP contribution in [0.25, 0.3) is 0 Å². The van der Waals surface area contributed by atoms with Crippen molar-refractivity contribution in [1.82, 2.24) is 18.8 Å². The Morgan fingerprint density at radius 3 is 2.45 bits per heavy atom. The highest BCUT2D eigenvalue weighted by Gasteiger charge is 2.44. The number of piperidine rings is 1. The highest BCUT2D eigenvalue weighted by atomic mass is 35.5. The summed E-state index contributed by atoms with van der Waals surface area (Å²) in [6.07, 6.45) is -3.30. The summed E-state index contributed by atoms with van der Waals surface area (Å²) in [6.45, 7) is 0.163. The van der Waals surface area contributed by atoms with Crippen LogP contribution in [0, 0.1) is 29.0 Å². The van der Waals surface area contributed by atoms with Gasteiger partial charge in [-0.25, -0.2) is 4.39 Å². The predicted octanol–water partition coefficient (Wildman–Crippen LogP) is 2.52. The second kappa shape index (κ2) is 11.0. The van der Waals surface area contributed by atoms with Crippen molar-refractivity contribution in [3.05, 3.63) is 34.1 Å². The van der Waals surface area contributed by atoms with Crippen molar-refractivity contribution in [1.29, 1.82) is 5.26 Å². The number of nitrogens with zero attached hydrogens (tertiary/aromatic N) is 4. The Labute approximate surface area is 222 Å². The van der Waals surface area contributed by atoms with Crippen LogP contribution >= 0.6 is 11.6 Å². The summed E-state index contributed by atoms with van der Waals surface area (Å²) < 4.78 is 82.1. The Morgan fingerprint density at radius 2 is 1.79 bits per heavy atom. The van der Waals surface area contributed by atoms with Crippen LogP contribution in [0.4, 0.5) is 17.6 Å². The molecule has 3 aliphatic heterocycles. The second-order valence-corrected chi connectivity index (χ2v) is 12.0. The normalized spacial score (nSPS) is 23.6. The van der Waals surface area contributed by atoms with Gasteiger partial charge >= 0.3 is 6.18 Å². The number of carbonyl (C=O) groups excluding carboxylic acids is 2. The van der Waals surface area contributed by atoms with Gasteiger partial charge in [-0.2, -0.15) is 35.5 Å². The van der Waals surface area contributed by atoms with Crippen LogP contribution in [-0.2, 0) is 32.5 Å². The number of hydrogen-bond donors (Lipinski definition) is 1. The maximum absolute atomic E-state index is 14.5. The summed E-state index contributed by atoms with van der Waals surface area (Å²) in [5.41, 5.74) is -2.01. The molecule has 0 aromatic heterocycles. The van der Waals surface area contributed by atoms with E-state index in [4.69, 9.17) is 16.9 Å². The average Bonchev–Trinajstić information content (AvgIpc) is 3.31. The van der Waals surface area contributed by atoms with E-state index < -0.39 is 62.8 Å². The van der Waals surface area contributed by atoms with Gasteiger partial charge in [-0.1, -0.05) is 17.7 Å². The minimum Gasteiger partial charge on any atom is -0.350 e. The van der Waals surface area contributed by atoms with Crippen molar-refractivity contribution < 1.29 is 35.6 Å². The molecule has 3 heterocycles. The SMILES string of the molecule is N#CC1CN(S(=O)(=O)N2CCC[C@H](C(=O)N3CCC[C@@H]3C(=O)NCc3ccc(Cl)c(C(F)(F)F)c3F)C2)C1. The lowest BCUT2D eigenvalue weighted by Gasteiger charge is -2.41. The molecule has 208 valence electrons. The molecular weight excluding hydrogens is 554 g/mol. The number of hydrogen-bond acceptors (Lipinski definition) is 5. The van der Waals surface area contributed by atoms with Gasteiger partial charge in [-0.05, 0) is 31.7 Å². The number of carbonyl (C=O) groups is 2. The first-order chi connectivity index (χ1) is 17.8. The van der Waals surface area contributed by atoms with Crippen molar-refractivity contribution >= 4 is 33.6 Å². The summed E-state index contributed by atoms with van der Waals surface area (Å²) in [7, 11) is -3.81. The lowest BCUT2D eigenvalue weighted by atomic mass is 9.97. The molecule has 38 heavy (non-hydrogen) atoms. The van der Waals surface area contributed by atoms with Gasteiger partial charge < -0.3 is 10.2 Å². The maximum Gasteiger partial charge on any atom is 0.420 e. The first-order valence-electron chi connectivity index (χ1n) is 12.1. The lowest BCUT2D eigenvalue weighted by Crippen LogP contribution is -2.57. The van der Waals surface area contributed by atoms with Gasteiger partial charge in [-0.3, -0.25) is 9.59 Å². The Hall–Kier alpha value is -2.47. The van der Waals surface area contributed by atoms with E-state index in [0.29, 0.717) is 25.7 Å². The molecule has 3 fully saturated rings. The fraction of sp³-hybridized carbons (Fsp3) is 0.609. The quantitative estimate of drug-likeness (QED) is 0.520. The van der Waals surface area contributed by atoms with Crippen molar-refractivity contribution in [2.24, 2.45) is 11.8 Å². The molecule has 15 heteroatoms. The standard InChI is InChI=1S/C23H26ClF4N5O4S/c24-17-6-5-15(20(25)19(17)23(26,27)28)10-30-21(34)18-4-2-8-33(18)22(35)16-3-1-7-31(13-16)38(36,37)32-11-14(9-29)12-32/h5-6,14,16,18H,1-4,7-8,10-13H2,(H,30,34)/t16-,18+/m0/s1. The van der Waals surface area contributed by atoms with E-state index in [2.05, 4.69) is 5.32 Å². The van der Waals surface area contributed by atoms with Gasteiger partial charge in [0.05, 0.1) is 22.9 Å². The van der Waals surface area contributed by atoms with Gasteiger partial charge in [0, 0.05) is 44.8 Å². The molecule has 2 amide bonds. The molecule has 2 atom stereocenters. The van der Waals surface area contributed by atoms with E-state index in [9.17, 15) is 35.6 Å². The number of benzene rings is 1. The van der Waals surface area contributed by atoms with Crippen molar-refractivity contribution in [2.45, 2.75) is 44.4 Å². The number of nitriles is 1. The third-order valence-corrected chi connectivity index (χ3v) is 9.41. The maximum atomic E-state index is 14.5. The third-order valence-electron chi connectivity index (χ3n) is 7.16. The fourth-order valence-electron chi connectivity index (χ4n) is 5.05. The molecule has 3 aliphatic rings. The predicted molar refractivity (Wildman–Crippen MR) is 127 cm³/mol. The van der Waals surface area contributed by atoms with E-state index in [1.54, 1.807) is 0 Å². The second-order valence-electron chi connectivity index (χ2n) is 9.65. The first-order valence-corrected chi connectivity index (χ1v) is 13.9. The van der Waals surface area contributed by atoms with Crippen LogP contribution in [0.15, 0.2) is 12.1 Å². The summed E-state index contributed by atoms with van der Waals surface area (Å²) >= 11 is 5.51. The zero-order valence-electron chi connectivity index (χ0n) is 20.2. The molecule has 0 bridgehead atoms. The van der Waals surface area contributed by atoms with E-state index in [-0.39, 0.29) is 44.5 Å². The largest absolute Gasteiger partial charge is 0.420 e. The molecule has 4 rings (SSSR count). The van der Waals surface area contributed by atoms with Crippen LogP contribution in [-0.4, -0.2) is 72.5 Å². The van der Waals surface area contributed by atoms with Gasteiger partial charge in [0.15, 0.2) is 0 Å². The van der Waals surface area contributed by atoms with E-state index in [1.165, 1.54) is 13.5 Å². The van der Waals surface area contributed by atoms with Gasteiger partial charge in [0.1, 0.15) is 17.4 Å². The minimum atomic E-state index is -5.01. The summed E-state index contributed by atoms with van der Waals surface area (Å²) in [5.74, 6) is -3.60. The summed E-state index contributed by atoms with van der Waals surface area (Å²) in [6, 6.07) is 3.08. The fourth-order valence-corrected chi connectivity index (χ4v) is 7.10. The van der Waals surface area contributed by atoms with E-state index in [0.717, 1.165) is 12.1 Å². The first kappa shape index (κ1) is 28.5. The zero-order chi connectivity index (χ0) is 27.8. The Morgan fingerprint density at radius 1 is 1.11 bits per heavy atom. The monoisotopic (exact) mass is 579 g/mol. The molecule has 1 aromatic carbocycles. The Balaban J connectivity index is 1.39. The number of rotatable bonds is 6. The average molecular weight is 580 g/mol. The molecule has 9 nitrogen and oxygen atoms in total. The molecule has 1 N–H and O–H groups in total. The molecule has 3 saturated heterocycles. The van der Waals surface area contributed by atoms with E-state index in [1.807, 2.05) is 6.07 Å². The summed E-state index contributed by atoms with van der Waals surface area (Å²) in [5, 5.41) is 10.5. The van der Waals surface area contributed by atoms with Crippen LogP contribution < -0.4 is 5.32 Å². The van der Waals surface area contributed by atoms with Crippen molar-refractivity contribution in [3.8, 4) is 6.07 Å². The molecular formula is C23H26ClF4N5O4S. The van der Waals surface area contributed by atoms with Crippen LogP contribution in [0.1, 0.15) is 36.8 Å². The number of amides is 2. The smallest absolute Gasteiger partial charge is 0.350 e. The number of alkyl halides is 3. The number of halogens is 5. The van der Waals surface area contributed by atoms with Gasteiger partial charge in [0.2, 0.25) is 11.8 Å². The molecule has 0 saturated carbocycles. The number of nitrogens with one attached hydrogen (secondary N) is 1. The molecule has 0 aliphatic carbocycles. The zero-order valence-corrected chi connectivity index (χ0v) is 21.8. The van der Waals surface area contributed by atoms with E-state index >= 15 is 0 Å². The van der Waals surface area contributed by atoms with Crippen molar-refractivity contribution in [2.75, 3.05) is 32.7 Å². The van der Waals surface area contributed by atoms with Crippen molar-refractivity contribution in [3.63, 3.8) is 0 Å². The number of likely N-dealkylation sites (tertiary alicyclic amines) is 1. The Bertz CT molecular complexity index is 1250. The molecule has 0 unspecified atom stereocenters. The lowest BCUT2D eigenvalue weighted by molar-refractivity contribution is -0.142.